The third-order valence-corrected chi connectivity index (χ3v) is 4.87. The Balaban J connectivity index is 2.62. The fraction of sp³-hybridized carbons (Fsp3) is 1.00. The molecule has 4 heteroatoms. The van der Waals surface area contributed by atoms with Crippen molar-refractivity contribution in [1.29, 1.82) is 0 Å². The zero-order chi connectivity index (χ0) is 15.9. The van der Waals surface area contributed by atoms with Crippen molar-refractivity contribution in [3.05, 3.63) is 0 Å². The maximum atomic E-state index is 9.84. The van der Waals surface area contributed by atoms with Gasteiger partial charge in [-0.25, -0.2) is 9.78 Å². The molecule has 0 aromatic heterocycles. The molecule has 126 valence electrons. The lowest BCUT2D eigenvalue weighted by atomic mass is 9.78. The van der Waals surface area contributed by atoms with Gasteiger partial charge in [0.2, 0.25) is 0 Å². The highest BCUT2D eigenvalue weighted by atomic mass is 17.2. The lowest BCUT2D eigenvalue weighted by molar-refractivity contribution is -0.430. The molecule has 1 saturated heterocycles. The molecule has 2 N–H and O–H groups in total. The van der Waals surface area contributed by atoms with E-state index in [4.69, 9.17) is 14.9 Å². The summed E-state index contributed by atoms with van der Waals surface area (Å²) in [5, 5.41) is 19.0. The lowest BCUT2D eigenvalue weighted by Crippen LogP contribution is -2.49. The summed E-state index contributed by atoms with van der Waals surface area (Å²) in [6.45, 7) is 8.40. The van der Waals surface area contributed by atoms with Crippen LogP contribution in [0.1, 0.15) is 72.6 Å². The van der Waals surface area contributed by atoms with Gasteiger partial charge in [0.25, 0.3) is 0 Å². The molecule has 0 bridgehead atoms. The fourth-order valence-electron chi connectivity index (χ4n) is 3.49. The van der Waals surface area contributed by atoms with Crippen LogP contribution in [0.5, 0.6) is 0 Å². The Kier molecular flexibility index (Phi) is 8.17. The summed E-state index contributed by atoms with van der Waals surface area (Å²) < 4.78 is 0. The highest BCUT2D eigenvalue weighted by molar-refractivity contribution is 4.88. The molecule has 4 nitrogen and oxygen atoms in total. The van der Waals surface area contributed by atoms with Crippen molar-refractivity contribution < 1.29 is 20.0 Å². The molecular weight excluding hydrogens is 268 g/mol. The second-order valence-electron chi connectivity index (χ2n) is 6.84. The summed E-state index contributed by atoms with van der Waals surface area (Å²) in [7, 11) is 0. The molecule has 1 aliphatic heterocycles. The van der Waals surface area contributed by atoms with Gasteiger partial charge in [-0.3, -0.25) is 0 Å². The van der Waals surface area contributed by atoms with Crippen LogP contribution in [0.2, 0.25) is 0 Å². The molecule has 0 radical (unpaired) electrons. The van der Waals surface area contributed by atoms with Crippen LogP contribution in [-0.2, 0) is 9.78 Å². The summed E-state index contributed by atoms with van der Waals surface area (Å²) in [6, 6.07) is 0. The molecule has 0 spiro atoms. The van der Waals surface area contributed by atoms with Crippen LogP contribution in [0.25, 0.3) is 0 Å². The average molecular weight is 302 g/mol. The molecule has 0 amide bonds. The van der Waals surface area contributed by atoms with Crippen molar-refractivity contribution in [2.75, 3.05) is 6.61 Å². The lowest BCUT2D eigenvalue weighted by Gasteiger charge is -2.43. The predicted molar refractivity (Wildman–Crippen MR) is 83.8 cm³/mol. The highest BCUT2D eigenvalue weighted by Gasteiger charge is 2.43. The Hall–Kier alpha value is -0.160. The van der Waals surface area contributed by atoms with Gasteiger partial charge in [0.15, 0.2) is 0 Å². The average Bonchev–Trinajstić information content (AvgIpc) is 2.50. The Morgan fingerprint density at radius 2 is 2.00 bits per heavy atom. The maximum Gasteiger partial charge on any atom is 0.124 e. The molecule has 1 heterocycles. The van der Waals surface area contributed by atoms with Crippen molar-refractivity contribution in [3.63, 3.8) is 0 Å². The monoisotopic (exact) mass is 302 g/mol. The van der Waals surface area contributed by atoms with Gasteiger partial charge in [0.05, 0.1) is 6.61 Å². The molecule has 0 aromatic carbocycles. The van der Waals surface area contributed by atoms with E-state index in [1.165, 1.54) is 25.7 Å². The number of aliphatic hydroxyl groups is 2. The van der Waals surface area contributed by atoms with Crippen molar-refractivity contribution in [3.8, 4) is 0 Å². The van der Waals surface area contributed by atoms with Crippen LogP contribution in [0.3, 0.4) is 0 Å². The zero-order valence-corrected chi connectivity index (χ0v) is 14.2. The molecule has 1 rings (SSSR count). The number of hydrogen-bond donors (Lipinski definition) is 2. The first kappa shape index (κ1) is 18.9. The van der Waals surface area contributed by atoms with Gasteiger partial charge < -0.3 is 10.2 Å². The molecule has 0 aliphatic carbocycles. The van der Waals surface area contributed by atoms with Crippen LogP contribution in [0.4, 0.5) is 0 Å². The molecule has 1 fully saturated rings. The normalized spacial score (nSPS) is 32.9. The first-order valence-corrected chi connectivity index (χ1v) is 8.63. The van der Waals surface area contributed by atoms with Gasteiger partial charge >= 0.3 is 0 Å². The van der Waals surface area contributed by atoms with Crippen molar-refractivity contribution in [2.24, 2.45) is 11.8 Å². The van der Waals surface area contributed by atoms with Crippen molar-refractivity contribution >= 4 is 0 Å². The topological polar surface area (TPSA) is 58.9 Å². The van der Waals surface area contributed by atoms with E-state index >= 15 is 0 Å². The number of aliphatic hydroxyl groups excluding tert-OH is 2. The number of hydrogen-bond acceptors (Lipinski definition) is 4. The zero-order valence-electron chi connectivity index (χ0n) is 14.2. The minimum Gasteiger partial charge on any atom is -0.394 e. The van der Waals surface area contributed by atoms with Gasteiger partial charge in [-0.15, -0.1) is 0 Å². The Morgan fingerprint density at radius 1 is 1.29 bits per heavy atom. The number of rotatable bonds is 9. The molecule has 1 aliphatic rings. The smallest absolute Gasteiger partial charge is 0.124 e. The second-order valence-corrected chi connectivity index (χ2v) is 6.84. The molecule has 0 unspecified atom stereocenters. The van der Waals surface area contributed by atoms with Gasteiger partial charge in [0.1, 0.15) is 17.8 Å². The minimum absolute atomic E-state index is 0.231. The van der Waals surface area contributed by atoms with Gasteiger partial charge in [-0.1, -0.05) is 52.9 Å². The quantitative estimate of drug-likeness (QED) is 0.640. The first-order chi connectivity index (χ1) is 9.99. The van der Waals surface area contributed by atoms with E-state index in [1.54, 1.807) is 0 Å². The Morgan fingerprint density at radius 3 is 2.52 bits per heavy atom. The van der Waals surface area contributed by atoms with Crippen LogP contribution in [0, 0.1) is 11.8 Å². The van der Waals surface area contributed by atoms with E-state index in [0.717, 1.165) is 19.3 Å². The van der Waals surface area contributed by atoms with Crippen LogP contribution < -0.4 is 0 Å². The minimum atomic E-state index is -0.860. The van der Waals surface area contributed by atoms with E-state index < -0.39 is 12.2 Å². The third kappa shape index (κ3) is 5.51. The standard InChI is InChI=1S/C17H34O4/c1-5-8-9-13(6-2)10-17(4)11-14(7-3)16(20-21-17)15(19)12-18/h13-16,18-19H,5-12H2,1-4H3/t13-,14+,15+,16-,17+/m0/s1. The molecule has 21 heavy (non-hydrogen) atoms. The van der Waals surface area contributed by atoms with Crippen LogP contribution in [-0.4, -0.2) is 34.6 Å². The van der Waals surface area contributed by atoms with Gasteiger partial charge in [0, 0.05) is 0 Å². The van der Waals surface area contributed by atoms with E-state index in [1.807, 2.05) is 0 Å². The number of unbranched alkanes of at least 4 members (excludes halogenated alkanes) is 1. The van der Waals surface area contributed by atoms with E-state index in [2.05, 4.69) is 27.7 Å². The van der Waals surface area contributed by atoms with Crippen LogP contribution >= 0.6 is 0 Å². The summed E-state index contributed by atoms with van der Waals surface area (Å²) >= 11 is 0. The van der Waals surface area contributed by atoms with Crippen molar-refractivity contribution in [2.45, 2.75) is 90.4 Å². The summed E-state index contributed by atoms with van der Waals surface area (Å²) in [4.78, 5) is 11.2. The van der Waals surface area contributed by atoms with E-state index in [9.17, 15) is 5.11 Å². The fourth-order valence-corrected chi connectivity index (χ4v) is 3.49. The summed E-state index contributed by atoms with van der Waals surface area (Å²) in [5.74, 6) is 0.893. The largest absolute Gasteiger partial charge is 0.394 e. The summed E-state index contributed by atoms with van der Waals surface area (Å²) in [6.07, 6.45) is 6.43. The summed E-state index contributed by atoms with van der Waals surface area (Å²) in [5.41, 5.74) is -0.277. The molecule has 5 atom stereocenters. The van der Waals surface area contributed by atoms with E-state index in [0.29, 0.717) is 5.92 Å². The first-order valence-electron chi connectivity index (χ1n) is 8.63. The second kappa shape index (κ2) is 9.09. The SMILES string of the molecule is CCCC[C@H](CC)C[C@]1(C)C[C@@H](CC)[C@@H]([C@H](O)CO)OO1. The van der Waals surface area contributed by atoms with Gasteiger partial charge in [-0.2, -0.15) is 0 Å². The molecular formula is C17H34O4. The molecule has 0 saturated carbocycles. The van der Waals surface area contributed by atoms with Crippen molar-refractivity contribution in [1.82, 2.24) is 0 Å². The Labute approximate surface area is 129 Å². The maximum absolute atomic E-state index is 9.84. The molecule has 0 aromatic rings. The van der Waals surface area contributed by atoms with Gasteiger partial charge in [-0.05, 0) is 31.6 Å². The highest BCUT2D eigenvalue weighted by Crippen LogP contribution is 2.39. The predicted octanol–water partition coefficient (Wildman–Crippen LogP) is 3.45. The van der Waals surface area contributed by atoms with Crippen LogP contribution in [0.15, 0.2) is 0 Å². The third-order valence-electron chi connectivity index (χ3n) is 4.87. The Bertz CT molecular complexity index is 284. The van der Waals surface area contributed by atoms with E-state index in [-0.39, 0.29) is 18.1 Å².